The third kappa shape index (κ3) is 3.99. The molecule has 5 rings (SSSR count). The minimum atomic E-state index is -0.190. The van der Waals surface area contributed by atoms with Crippen molar-refractivity contribution in [1.29, 1.82) is 0 Å². The van der Waals surface area contributed by atoms with Gasteiger partial charge in [0.25, 0.3) is 5.95 Å². The standard InChI is InChI=1S/C27H26ClN5O/c1-16-9-11-20(12-10-16)15-32-24(34)14-22(21-7-5-6-8-23(21)28)25-19(4)31-33(26(25)32)27-29-17(2)13-18(3)30-27/h5-13,22H,14-15H2,1-4H3/t22-/m1/s1. The van der Waals surface area contributed by atoms with Crippen molar-refractivity contribution in [2.75, 3.05) is 4.90 Å². The number of fused-ring (bicyclic) bond motifs is 1. The van der Waals surface area contributed by atoms with Crippen molar-refractivity contribution in [2.24, 2.45) is 0 Å². The van der Waals surface area contributed by atoms with Gasteiger partial charge in [0.05, 0.1) is 12.2 Å². The molecule has 2 aromatic heterocycles. The first-order chi connectivity index (χ1) is 16.3. The smallest absolute Gasteiger partial charge is 0.252 e. The number of hydrogen-bond acceptors (Lipinski definition) is 4. The van der Waals surface area contributed by atoms with E-state index in [1.807, 2.05) is 56.0 Å². The first-order valence-corrected chi connectivity index (χ1v) is 11.7. The fourth-order valence-corrected chi connectivity index (χ4v) is 4.97. The SMILES string of the molecule is Cc1ccc(CN2C(=O)C[C@H](c3ccccc3Cl)c3c(C)nn(-c4nc(C)cc(C)n4)c32)cc1. The van der Waals surface area contributed by atoms with Gasteiger partial charge in [0, 0.05) is 34.3 Å². The highest BCUT2D eigenvalue weighted by molar-refractivity contribution is 6.31. The zero-order valence-corrected chi connectivity index (χ0v) is 20.5. The van der Waals surface area contributed by atoms with Crippen molar-refractivity contribution < 1.29 is 4.79 Å². The molecule has 0 spiro atoms. The van der Waals surface area contributed by atoms with Crippen molar-refractivity contribution in [3.63, 3.8) is 0 Å². The van der Waals surface area contributed by atoms with E-state index in [4.69, 9.17) is 16.7 Å². The lowest BCUT2D eigenvalue weighted by molar-refractivity contribution is -0.119. The maximum Gasteiger partial charge on any atom is 0.252 e. The number of benzene rings is 2. The van der Waals surface area contributed by atoms with Gasteiger partial charge in [0.2, 0.25) is 5.91 Å². The summed E-state index contributed by atoms with van der Waals surface area (Å²) in [4.78, 5) is 24.8. The van der Waals surface area contributed by atoms with E-state index >= 15 is 0 Å². The number of rotatable bonds is 4. The molecule has 3 heterocycles. The van der Waals surface area contributed by atoms with Crippen LogP contribution in [0.25, 0.3) is 5.95 Å². The molecule has 0 saturated carbocycles. The Bertz CT molecular complexity index is 1370. The molecule has 1 amide bonds. The van der Waals surface area contributed by atoms with E-state index < -0.39 is 0 Å². The molecule has 1 aliphatic rings. The summed E-state index contributed by atoms with van der Waals surface area (Å²) in [5.74, 6) is 1.00. The van der Waals surface area contributed by atoms with Crippen LogP contribution >= 0.6 is 11.6 Å². The molecular weight excluding hydrogens is 446 g/mol. The second-order valence-electron chi connectivity index (χ2n) is 8.93. The molecule has 1 aliphatic heterocycles. The molecule has 0 aliphatic carbocycles. The summed E-state index contributed by atoms with van der Waals surface area (Å²) in [5.41, 5.74) is 6.67. The van der Waals surface area contributed by atoms with Crippen molar-refractivity contribution in [1.82, 2.24) is 19.7 Å². The van der Waals surface area contributed by atoms with Crippen LogP contribution in [0.15, 0.2) is 54.6 Å². The summed E-state index contributed by atoms with van der Waals surface area (Å²) in [5, 5.41) is 5.49. The number of carbonyl (C=O) groups excluding carboxylic acids is 1. The number of amides is 1. The summed E-state index contributed by atoms with van der Waals surface area (Å²) >= 11 is 6.59. The van der Waals surface area contributed by atoms with Gasteiger partial charge in [-0.05, 0) is 51.0 Å². The number of nitrogens with zero attached hydrogens (tertiary/aromatic N) is 5. The number of halogens is 1. The Morgan fingerprint density at radius 2 is 1.65 bits per heavy atom. The highest BCUT2D eigenvalue weighted by Crippen LogP contribution is 2.44. The molecule has 6 nitrogen and oxygen atoms in total. The third-order valence-electron chi connectivity index (χ3n) is 6.27. The molecule has 0 N–H and O–H groups in total. The van der Waals surface area contributed by atoms with E-state index in [2.05, 4.69) is 41.2 Å². The number of aromatic nitrogens is 4. The van der Waals surface area contributed by atoms with Crippen LogP contribution in [0.4, 0.5) is 5.82 Å². The molecule has 0 unspecified atom stereocenters. The minimum Gasteiger partial charge on any atom is -0.292 e. The van der Waals surface area contributed by atoms with E-state index in [1.165, 1.54) is 5.56 Å². The third-order valence-corrected chi connectivity index (χ3v) is 6.61. The monoisotopic (exact) mass is 471 g/mol. The summed E-state index contributed by atoms with van der Waals surface area (Å²) in [7, 11) is 0. The first kappa shape index (κ1) is 22.3. The number of hydrogen-bond donors (Lipinski definition) is 0. The van der Waals surface area contributed by atoms with Gasteiger partial charge in [0.1, 0.15) is 5.82 Å². The zero-order valence-electron chi connectivity index (χ0n) is 19.7. The van der Waals surface area contributed by atoms with Crippen LogP contribution in [0.5, 0.6) is 0 Å². The Kier molecular flexibility index (Phi) is 5.70. The van der Waals surface area contributed by atoms with Gasteiger partial charge < -0.3 is 0 Å². The van der Waals surface area contributed by atoms with Crippen LogP contribution in [0.3, 0.4) is 0 Å². The van der Waals surface area contributed by atoms with E-state index in [1.54, 1.807) is 4.68 Å². The first-order valence-electron chi connectivity index (χ1n) is 11.3. The summed E-state index contributed by atoms with van der Waals surface area (Å²) in [6.45, 7) is 8.34. The van der Waals surface area contributed by atoms with Gasteiger partial charge >= 0.3 is 0 Å². The van der Waals surface area contributed by atoms with Crippen LogP contribution in [0, 0.1) is 27.7 Å². The van der Waals surface area contributed by atoms with Crippen LogP contribution in [-0.2, 0) is 11.3 Å². The second-order valence-corrected chi connectivity index (χ2v) is 9.34. The molecule has 172 valence electrons. The highest BCUT2D eigenvalue weighted by atomic mass is 35.5. The van der Waals surface area contributed by atoms with E-state index in [-0.39, 0.29) is 11.8 Å². The normalized spacial score (nSPS) is 15.5. The lowest BCUT2D eigenvalue weighted by Crippen LogP contribution is -2.38. The Hall–Kier alpha value is -3.51. The summed E-state index contributed by atoms with van der Waals surface area (Å²) in [6, 6.07) is 17.9. The Labute approximate surface area is 204 Å². The molecular formula is C27H26ClN5O. The molecule has 7 heteroatoms. The lowest BCUT2D eigenvalue weighted by Gasteiger charge is -2.33. The largest absolute Gasteiger partial charge is 0.292 e. The number of carbonyl (C=O) groups is 1. The van der Waals surface area contributed by atoms with Crippen LogP contribution < -0.4 is 4.90 Å². The molecule has 0 fully saturated rings. The maximum atomic E-state index is 13.7. The Balaban J connectivity index is 1.72. The van der Waals surface area contributed by atoms with Gasteiger partial charge in [-0.1, -0.05) is 59.6 Å². The van der Waals surface area contributed by atoms with Gasteiger partial charge in [-0.3, -0.25) is 9.69 Å². The lowest BCUT2D eigenvalue weighted by atomic mass is 9.85. The van der Waals surface area contributed by atoms with Crippen LogP contribution in [0.2, 0.25) is 5.02 Å². The van der Waals surface area contributed by atoms with E-state index in [0.29, 0.717) is 29.8 Å². The molecule has 34 heavy (non-hydrogen) atoms. The average Bonchev–Trinajstić information content (AvgIpc) is 3.14. The average molecular weight is 472 g/mol. The van der Waals surface area contributed by atoms with Gasteiger partial charge in [0.15, 0.2) is 0 Å². The van der Waals surface area contributed by atoms with Gasteiger partial charge in [-0.2, -0.15) is 9.78 Å². The predicted octanol–water partition coefficient (Wildman–Crippen LogP) is 5.62. The Morgan fingerprint density at radius 3 is 2.32 bits per heavy atom. The number of aryl methyl sites for hydroxylation is 4. The molecule has 0 saturated heterocycles. The Morgan fingerprint density at radius 1 is 0.971 bits per heavy atom. The molecule has 0 bridgehead atoms. The van der Waals surface area contributed by atoms with Crippen LogP contribution in [-0.4, -0.2) is 25.7 Å². The van der Waals surface area contributed by atoms with Crippen LogP contribution in [0.1, 0.15) is 51.7 Å². The molecule has 0 radical (unpaired) electrons. The van der Waals surface area contributed by atoms with Crippen molar-refractivity contribution in [2.45, 2.75) is 46.6 Å². The minimum absolute atomic E-state index is 0.0171. The highest BCUT2D eigenvalue weighted by Gasteiger charge is 2.39. The molecule has 2 aromatic carbocycles. The second kappa shape index (κ2) is 8.69. The van der Waals surface area contributed by atoms with E-state index in [0.717, 1.165) is 33.8 Å². The van der Waals surface area contributed by atoms with Crippen molar-refractivity contribution in [3.8, 4) is 5.95 Å². The fraction of sp³-hybridized carbons (Fsp3) is 0.259. The van der Waals surface area contributed by atoms with Gasteiger partial charge in [-0.15, -0.1) is 0 Å². The predicted molar refractivity (Wildman–Crippen MR) is 134 cm³/mol. The quantitative estimate of drug-likeness (QED) is 0.387. The maximum absolute atomic E-state index is 13.7. The fourth-order valence-electron chi connectivity index (χ4n) is 4.70. The summed E-state index contributed by atoms with van der Waals surface area (Å²) < 4.78 is 1.72. The van der Waals surface area contributed by atoms with Gasteiger partial charge in [-0.25, -0.2) is 9.97 Å². The summed E-state index contributed by atoms with van der Waals surface area (Å²) in [6.07, 6.45) is 0.322. The molecule has 1 atom stereocenters. The number of anilines is 1. The topological polar surface area (TPSA) is 63.9 Å². The zero-order chi connectivity index (χ0) is 24.0. The van der Waals surface area contributed by atoms with Crippen molar-refractivity contribution in [3.05, 3.63) is 99.0 Å². The van der Waals surface area contributed by atoms with Crippen molar-refractivity contribution >= 4 is 23.3 Å². The molecule has 4 aromatic rings. The van der Waals surface area contributed by atoms with E-state index in [9.17, 15) is 4.79 Å².